The van der Waals surface area contributed by atoms with Crippen molar-refractivity contribution in [3.63, 3.8) is 0 Å². The van der Waals surface area contributed by atoms with Gasteiger partial charge >= 0.3 is 0 Å². The molecule has 5 heteroatoms. The Morgan fingerprint density at radius 3 is 2.64 bits per heavy atom. The van der Waals surface area contributed by atoms with Gasteiger partial charge in [0.2, 0.25) is 0 Å². The lowest BCUT2D eigenvalue weighted by atomic mass is 9.97. The number of nitrogen functional groups attached to an aromatic ring is 1. The van der Waals surface area contributed by atoms with E-state index in [-0.39, 0.29) is 6.61 Å². The highest BCUT2D eigenvalue weighted by Crippen LogP contribution is 2.36. The zero-order valence-electron chi connectivity index (χ0n) is 14.0. The van der Waals surface area contributed by atoms with Crippen molar-refractivity contribution in [2.75, 3.05) is 12.3 Å². The van der Waals surface area contributed by atoms with E-state index in [0.717, 1.165) is 27.6 Å². The predicted molar refractivity (Wildman–Crippen MR) is 97.7 cm³/mol. The maximum Gasteiger partial charge on any atom is 0.102 e. The lowest BCUT2D eigenvalue weighted by molar-refractivity contribution is 0.280. The zero-order chi connectivity index (χ0) is 18.0. The van der Waals surface area contributed by atoms with Crippen molar-refractivity contribution in [3.05, 3.63) is 53.2 Å². The number of aromatic nitrogens is 1. The third-order valence-corrected chi connectivity index (χ3v) is 4.40. The molecule has 0 saturated heterocycles. The Hall–Kier alpha value is -3.28. The molecule has 0 saturated carbocycles. The van der Waals surface area contributed by atoms with E-state index in [1.807, 2.05) is 37.4 Å². The second-order valence-corrected chi connectivity index (χ2v) is 5.99. The summed E-state index contributed by atoms with van der Waals surface area (Å²) in [7, 11) is 0. The summed E-state index contributed by atoms with van der Waals surface area (Å²) in [6.07, 6.45) is 2.60. The van der Waals surface area contributed by atoms with Gasteiger partial charge in [0, 0.05) is 41.4 Å². The summed E-state index contributed by atoms with van der Waals surface area (Å²) in [6, 6.07) is 13.6. The van der Waals surface area contributed by atoms with E-state index in [1.165, 1.54) is 0 Å². The number of hydrogen-bond donors (Lipinski definition) is 2. The lowest BCUT2D eigenvalue weighted by Crippen LogP contribution is -1.98. The first-order chi connectivity index (χ1) is 12.1. The number of hydrogen-bond acceptors (Lipinski definition) is 4. The summed E-state index contributed by atoms with van der Waals surface area (Å²) in [5.74, 6) is 0. The van der Waals surface area contributed by atoms with Gasteiger partial charge in [-0.3, -0.25) is 0 Å². The molecule has 1 aromatic heterocycles. The molecule has 0 atom stereocenters. The molecule has 0 aliphatic heterocycles. The number of aryl methyl sites for hydroxylation is 2. The van der Waals surface area contributed by atoms with Crippen LogP contribution in [0.1, 0.15) is 23.1 Å². The molecule has 0 bridgehead atoms. The largest absolute Gasteiger partial charge is 0.398 e. The topological polar surface area (TPSA) is 98.8 Å². The van der Waals surface area contributed by atoms with Crippen LogP contribution in [0.3, 0.4) is 0 Å². The Balaban J connectivity index is 2.34. The van der Waals surface area contributed by atoms with Gasteiger partial charge in [-0.25, -0.2) is 0 Å². The molecule has 0 fully saturated rings. The highest BCUT2D eigenvalue weighted by Gasteiger charge is 2.16. The molecule has 124 valence electrons. The van der Waals surface area contributed by atoms with Crippen molar-refractivity contribution >= 4 is 16.6 Å². The Labute approximate surface area is 146 Å². The van der Waals surface area contributed by atoms with E-state index in [4.69, 9.17) is 10.8 Å². The number of aliphatic hydroxyl groups is 1. The molecule has 5 nitrogen and oxygen atoms in total. The average molecular weight is 330 g/mol. The molecular formula is C20H18N4O. The minimum atomic E-state index is 0.103. The van der Waals surface area contributed by atoms with Crippen molar-refractivity contribution in [1.82, 2.24) is 4.57 Å². The van der Waals surface area contributed by atoms with Gasteiger partial charge in [0.1, 0.15) is 6.07 Å². The molecule has 3 N–H and O–H groups in total. The number of benzene rings is 2. The number of aliphatic hydroxyl groups excluding tert-OH is 1. The van der Waals surface area contributed by atoms with Crippen LogP contribution in [0, 0.1) is 29.6 Å². The van der Waals surface area contributed by atoms with Crippen molar-refractivity contribution in [2.24, 2.45) is 0 Å². The summed E-state index contributed by atoms with van der Waals surface area (Å²) < 4.78 is 2.05. The monoisotopic (exact) mass is 330 g/mol. The van der Waals surface area contributed by atoms with Crippen molar-refractivity contribution in [1.29, 1.82) is 10.5 Å². The van der Waals surface area contributed by atoms with Crippen LogP contribution >= 0.6 is 0 Å². The van der Waals surface area contributed by atoms with E-state index in [0.29, 0.717) is 29.8 Å². The van der Waals surface area contributed by atoms with Crippen LogP contribution in [0.15, 0.2) is 36.5 Å². The molecule has 0 unspecified atom stereocenters. The molecule has 3 rings (SSSR count). The second-order valence-electron chi connectivity index (χ2n) is 5.99. The van der Waals surface area contributed by atoms with Crippen molar-refractivity contribution in [2.45, 2.75) is 19.9 Å². The first-order valence-corrected chi connectivity index (χ1v) is 8.04. The molecule has 2 aromatic carbocycles. The van der Waals surface area contributed by atoms with Crippen LogP contribution in [0.2, 0.25) is 0 Å². The van der Waals surface area contributed by atoms with Gasteiger partial charge in [-0.05, 0) is 37.1 Å². The first-order valence-electron chi connectivity index (χ1n) is 8.04. The average Bonchev–Trinajstić information content (AvgIpc) is 2.96. The second kappa shape index (κ2) is 6.68. The van der Waals surface area contributed by atoms with Crippen LogP contribution in [-0.2, 0) is 6.54 Å². The zero-order valence-corrected chi connectivity index (χ0v) is 14.0. The van der Waals surface area contributed by atoms with Gasteiger partial charge in [-0.2, -0.15) is 10.5 Å². The van der Waals surface area contributed by atoms with Crippen LogP contribution in [0.4, 0.5) is 5.69 Å². The Morgan fingerprint density at radius 1 is 1.16 bits per heavy atom. The van der Waals surface area contributed by atoms with Crippen LogP contribution in [0.25, 0.3) is 22.0 Å². The van der Waals surface area contributed by atoms with Crippen molar-refractivity contribution in [3.8, 4) is 23.3 Å². The number of nitriles is 2. The fourth-order valence-electron chi connectivity index (χ4n) is 3.12. The summed E-state index contributed by atoms with van der Waals surface area (Å²) in [5, 5.41) is 28.9. The van der Waals surface area contributed by atoms with Crippen LogP contribution < -0.4 is 5.73 Å². The van der Waals surface area contributed by atoms with E-state index in [9.17, 15) is 10.5 Å². The lowest BCUT2D eigenvalue weighted by Gasteiger charge is -2.06. The highest BCUT2D eigenvalue weighted by molar-refractivity contribution is 5.99. The van der Waals surface area contributed by atoms with E-state index in [2.05, 4.69) is 16.7 Å². The molecule has 0 amide bonds. The number of rotatable bonds is 4. The van der Waals surface area contributed by atoms with Gasteiger partial charge < -0.3 is 15.4 Å². The molecule has 1 heterocycles. The normalized spacial score (nSPS) is 10.6. The van der Waals surface area contributed by atoms with Gasteiger partial charge in [0.05, 0.1) is 22.9 Å². The minimum absolute atomic E-state index is 0.103. The fraction of sp³-hybridized carbons (Fsp3) is 0.200. The quantitative estimate of drug-likeness (QED) is 0.717. The maximum absolute atomic E-state index is 9.50. The van der Waals surface area contributed by atoms with Gasteiger partial charge in [-0.1, -0.05) is 12.1 Å². The minimum Gasteiger partial charge on any atom is -0.398 e. The van der Waals surface area contributed by atoms with Gasteiger partial charge in [-0.15, -0.1) is 0 Å². The van der Waals surface area contributed by atoms with Gasteiger partial charge in [0.25, 0.3) is 0 Å². The predicted octanol–water partition coefficient (Wildman–Crippen LogP) is 3.32. The third-order valence-electron chi connectivity index (χ3n) is 4.40. The fourth-order valence-corrected chi connectivity index (χ4v) is 3.12. The molecule has 0 aliphatic rings. The Bertz CT molecular complexity index is 1030. The molecule has 25 heavy (non-hydrogen) atoms. The number of anilines is 1. The third kappa shape index (κ3) is 2.82. The smallest absolute Gasteiger partial charge is 0.102 e. The maximum atomic E-state index is 9.50. The van der Waals surface area contributed by atoms with E-state index < -0.39 is 0 Å². The first kappa shape index (κ1) is 16.6. The summed E-state index contributed by atoms with van der Waals surface area (Å²) >= 11 is 0. The van der Waals surface area contributed by atoms with E-state index in [1.54, 1.807) is 6.07 Å². The molecule has 0 aliphatic carbocycles. The van der Waals surface area contributed by atoms with E-state index >= 15 is 0 Å². The summed E-state index contributed by atoms with van der Waals surface area (Å²) in [4.78, 5) is 0. The Kier molecular flexibility index (Phi) is 4.43. The van der Waals surface area contributed by atoms with Crippen LogP contribution in [-0.4, -0.2) is 16.3 Å². The SMILES string of the molecule is Cc1cc2c(cc1C#N)c(-c1cccc(N)c1C#N)cn2CCCO. The van der Waals surface area contributed by atoms with Crippen molar-refractivity contribution < 1.29 is 5.11 Å². The number of nitrogens with zero attached hydrogens (tertiary/aromatic N) is 3. The number of fused-ring (bicyclic) bond motifs is 1. The summed E-state index contributed by atoms with van der Waals surface area (Å²) in [6.45, 7) is 2.66. The molecule has 0 radical (unpaired) electrons. The molecule has 3 aromatic rings. The van der Waals surface area contributed by atoms with Gasteiger partial charge in [0.15, 0.2) is 0 Å². The highest BCUT2D eigenvalue weighted by atomic mass is 16.3. The van der Waals surface area contributed by atoms with Crippen LogP contribution in [0.5, 0.6) is 0 Å². The standard InChI is InChI=1S/C20H18N4O/c1-13-8-20-16(9-14(13)10-21)18(12-24(20)6-3-7-25)15-4-2-5-19(23)17(15)11-22/h2,4-5,8-9,12,25H,3,6-7,23H2,1H3. The summed E-state index contributed by atoms with van der Waals surface area (Å²) in [5.41, 5.74) is 10.9. The molecular weight excluding hydrogens is 312 g/mol. The molecule has 0 spiro atoms. The Morgan fingerprint density at radius 2 is 1.96 bits per heavy atom. The number of nitrogens with two attached hydrogens (primary N) is 1.